The van der Waals surface area contributed by atoms with E-state index < -0.39 is 6.10 Å². The van der Waals surface area contributed by atoms with E-state index in [2.05, 4.69) is 15.5 Å². The number of aliphatic hydroxyl groups excluding tert-OH is 1. The van der Waals surface area contributed by atoms with Gasteiger partial charge in [-0.25, -0.2) is 4.68 Å². The highest BCUT2D eigenvalue weighted by Crippen LogP contribution is 2.22. The molecule has 1 unspecified atom stereocenters. The second kappa shape index (κ2) is 7.44. The van der Waals surface area contributed by atoms with Crippen LogP contribution >= 0.6 is 11.8 Å². The molecule has 7 nitrogen and oxygen atoms in total. The predicted octanol–water partition coefficient (Wildman–Crippen LogP) is 1.83. The Bertz CT molecular complexity index is 672. The molecule has 0 aliphatic rings. The molecule has 2 rings (SSSR count). The largest absolute Gasteiger partial charge is 0.491 e. The summed E-state index contributed by atoms with van der Waals surface area (Å²) in [4.78, 5) is 0. The lowest BCUT2D eigenvalue weighted by Crippen LogP contribution is -2.25. The average Bonchev–Trinajstić information content (AvgIpc) is 3.00. The van der Waals surface area contributed by atoms with Gasteiger partial charge in [0, 0.05) is 5.75 Å². The first-order chi connectivity index (χ1) is 10.9. The molecule has 1 atom stereocenters. The molecule has 0 amide bonds. The van der Waals surface area contributed by atoms with Crippen molar-refractivity contribution in [2.24, 2.45) is 0 Å². The van der Waals surface area contributed by atoms with E-state index in [1.165, 1.54) is 11.8 Å². The molecular formula is C15H19N5O2S. The molecule has 8 heteroatoms. The van der Waals surface area contributed by atoms with Crippen LogP contribution in [0.15, 0.2) is 29.4 Å². The lowest BCUT2D eigenvalue weighted by atomic mass is 10.1. The number of nitrogens with zero attached hydrogens (tertiary/aromatic N) is 5. The smallest absolute Gasteiger partial charge is 0.209 e. The van der Waals surface area contributed by atoms with Crippen LogP contribution < -0.4 is 4.74 Å². The molecule has 1 aromatic heterocycles. The molecule has 0 aliphatic carbocycles. The summed E-state index contributed by atoms with van der Waals surface area (Å²) < 4.78 is 7.23. The molecule has 0 saturated heterocycles. The summed E-state index contributed by atoms with van der Waals surface area (Å²) in [5, 5.41) is 31.0. The zero-order chi connectivity index (χ0) is 16.9. The number of rotatable bonds is 6. The molecule has 0 saturated carbocycles. The molecule has 0 spiro atoms. The number of hydrogen-bond acceptors (Lipinski definition) is 7. The Hall–Kier alpha value is -2.11. The highest BCUT2D eigenvalue weighted by atomic mass is 32.2. The molecule has 122 valence electrons. The number of ether oxygens (including phenoxy) is 1. The number of thioether (sulfide) groups is 1. The fraction of sp³-hybridized carbons (Fsp3) is 0.467. The number of benzene rings is 1. The van der Waals surface area contributed by atoms with E-state index in [1.54, 1.807) is 28.9 Å². The van der Waals surface area contributed by atoms with E-state index in [9.17, 15) is 5.11 Å². The van der Waals surface area contributed by atoms with Crippen molar-refractivity contribution in [3.8, 4) is 11.8 Å². The monoisotopic (exact) mass is 333 g/mol. The van der Waals surface area contributed by atoms with Gasteiger partial charge in [-0.05, 0) is 55.5 Å². The van der Waals surface area contributed by atoms with Crippen molar-refractivity contribution in [2.45, 2.75) is 37.6 Å². The molecular weight excluding hydrogens is 314 g/mol. The first-order valence-corrected chi connectivity index (χ1v) is 8.11. The molecule has 0 aliphatic heterocycles. The van der Waals surface area contributed by atoms with Crippen molar-refractivity contribution >= 4 is 11.8 Å². The molecule has 0 fully saturated rings. The van der Waals surface area contributed by atoms with Gasteiger partial charge < -0.3 is 9.84 Å². The van der Waals surface area contributed by atoms with Gasteiger partial charge in [-0.3, -0.25) is 0 Å². The Labute approximate surface area is 139 Å². The van der Waals surface area contributed by atoms with Crippen molar-refractivity contribution in [1.82, 2.24) is 20.2 Å². The Balaban J connectivity index is 1.82. The normalized spacial score (nSPS) is 12.7. The topological polar surface area (TPSA) is 96.8 Å². The molecule has 1 N–H and O–H groups in total. The molecule has 1 aromatic carbocycles. The van der Waals surface area contributed by atoms with Crippen molar-refractivity contribution in [2.75, 3.05) is 12.4 Å². The van der Waals surface area contributed by atoms with Crippen LogP contribution in [-0.4, -0.2) is 43.8 Å². The number of aromatic nitrogens is 4. The van der Waals surface area contributed by atoms with Gasteiger partial charge in [0.25, 0.3) is 0 Å². The maximum Gasteiger partial charge on any atom is 0.209 e. The summed E-state index contributed by atoms with van der Waals surface area (Å²) in [6, 6.07) is 8.81. The summed E-state index contributed by atoms with van der Waals surface area (Å²) in [5.41, 5.74) is 0.359. The van der Waals surface area contributed by atoms with Crippen molar-refractivity contribution in [3.05, 3.63) is 29.8 Å². The maximum atomic E-state index is 10.0. The minimum Gasteiger partial charge on any atom is -0.491 e. The van der Waals surface area contributed by atoms with Gasteiger partial charge in [0.15, 0.2) is 0 Å². The van der Waals surface area contributed by atoms with Gasteiger partial charge in [-0.1, -0.05) is 11.8 Å². The summed E-state index contributed by atoms with van der Waals surface area (Å²) in [5.74, 6) is 1.04. The zero-order valence-corrected chi connectivity index (χ0v) is 14.1. The van der Waals surface area contributed by atoms with E-state index >= 15 is 0 Å². The highest BCUT2D eigenvalue weighted by molar-refractivity contribution is 7.99. The van der Waals surface area contributed by atoms with Crippen LogP contribution in [0.1, 0.15) is 26.3 Å². The molecule has 0 radical (unpaired) electrons. The fourth-order valence-electron chi connectivity index (χ4n) is 1.73. The van der Waals surface area contributed by atoms with Gasteiger partial charge in [-0.15, -0.1) is 5.10 Å². The Morgan fingerprint density at radius 2 is 2.04 bits per heavy atom. The number of nitriles is 1. The van der Waals surface area contributed by atoms with Crippen LogP contribution in [-0.2, 0) is 5.54 Å². The van der Waals surface area contributed by atoms with Crippen LogP contribution in [0, 0.1) is 11.3 Å². The minimum absolute atomic E-state index is 0.163. The third-order valence-corrected chi connectivity index (χ3v) is 3.97. The minimum atomic E-state index is -0.652. The van der Waals surface area contributed by atoms with Crippen LogP contribution in [0.5, 0.6) is 5.75 Å². The lowest BCUT2D eigenvalue weighted by Gasteiger charge is -2.19. The summed E-state index contributed by atoms with van der Waals surface area (Å²) in [6.07, 6.45) is -0.652. The second-order valence-electron chi connectivity index (χ2n) is 5.96. The fourth-order valence-corrected chi connectivity index (χ4v) is 2.69. The quantitative estimate of drug-likeness (QED) is 0.805. The molecule has 0 bridgehead atoms. The number of tetrazole rings is 1. The van der Waals surface area contributed by atoms with Gasteiger partial charge >= 0.3 is 0 Å². The van der Waals surface area contributed by atoms with Crippen LogP contribution in [0.2, 0.25) is 0 Å². The third-order valence-electron chi connectivity index (χ3n) is 2.91. The van der Waals surface area contributed by atoms with Crippen molar-refractivity contribution < 1.29 is 9.84 Å². The van der Waals surface area contributed by atoms with E-state index in [1.807, 2.05) is 26.8 Å². The highest BCUT2D eigenvalue weighted by Gasteiger charge is 2.20. The van der Waals surface area contributed by atoms with E-state index in [0.717, 1.165) is 0 Å². The van der Waals surface area contributed by atoms with E-state index in [0.29, 0.717) is 22.2 Å². The van der Waals surface area contributed by atoms with Gasteiger partial charge in [0.2, 0.25) is 5.16 Å². The molecule has 1 heterocycles. The maximum absolute atomic E-state index is 10.0. The Morgan fingerprint density at radius 3 is 2.65 bits per heavy atom. The van der Waals surface area contributed by atoms with E-state index in [4.69, 9.17) is 10.00 Å². The number of aliphatic hydroxyl groups is 1. The third kappa shape index (κ3) is 4.94. The van der Waals surface area contributed by atoms with Gasteiger partial charge in [0.1, 0.15) is 12.4 Å². The van der Waals surface area contributed by atoms with Crippen LogP contribution in [0.25, 0.3) is 0 Å². The predicted molar refractivity (Wildman–Crippen MR) is 86.2 cm³/mol. The lowest BCUT2D eigenvalue weighted by molar-refractivity contribution is 0.126. The van der Waals surface area contributed by atoms with Crippen LogP contribution in [0.3, 0.4) is 0 Å². The SMILES string of the molecule is CC(C)(C)n1nnnc1SCC(O)COc1ccc(C#N)cc1. The first-order valence-electron chi connectivity index (χ1n) is 7.13. The van der Waals surface area contributed by atoms with Crippen molar-refractivity contribution in [3.63, 3.8) is 0 Å². The second-order valence-corrected chi connectivity index (χ2v) is 6.94. The van der Waals surface area contributed by atoms with Crippen LogP contribution in [0.4, 0.5) is 0 Å². The standard InChI is InChI=1S/C15H19N5O2S/c1-15(2,3)20-14(17-18-19-20)23-10-12(21)9-22-13-6-4-11(8-16)5-7-13/h4-7,12,21H,9-10H2,1-3H3. The van der Waals surface area contributed by atoms with E-state index in [-0.39, 0.29) is 12.1 Å². The average molecular weight is 333 g/mol. The van der Waals surface area contributed by atoms with Crippen molar-refractivity contribution in [1.29, 1.82) is 5.26 Å². The molecule has 23 heavy (non-hydrogen) atoms. The Kier molecular flexibility index (Phi) is 5.58. The number of hydrogen-bond donors (Lipinski definition) is 1. The summed E-state index contributed by atoms with van der Waals surface area (Å²) >= 11 is 1.38. The Morgan fingerprint density at radius 1 is 1.35 bits per heavy atom. The van der Waals surface area contributed by atoms with Gasteiger partial charge in [-0.2, -0.15) is 5.26 Å². The summed E-state index contributed by atoms with van der Waals surface area (Å²) in [7, 11) is 0. The summed E-state index contributed by atoms with van der Waals surface area (Å²) in [6.45, 7) is 6.20. The zero-order valence-electron chi connectivity index (χ0n) is 13.3. The van der Waals surface area contributed by atoms with Gasteiger partial charge in [0.05, 0.1) is 23.3 Å². The molecule has 2 aromatic rings. The first kappa shape index (κ1) is 17.2.